The summed E-state index contributed by atoms with van der Waals surface area (Å²) in [6.07, 6.45) is 1.29. The molecule has 0 saturated heterocycles. The lowest BCUT2D eigenvalue weighted by molar-refractivity contribution is 0.395. The summed E-state index contributed by atoms with van der Waals surface area (Å²) < 4.78 is 15.8. The van der Waals surface area contributed by atoms with Crippen molar-refractivity contribution in [1.29, 1.82) is 0 Å². The normalized spacial score (nSPS) is 16.3. The van der Waals surface area contributed by atoms with Crippen LogP contribution in [0.25, 0.3) is 0 Å². The summed E-state index contributed by atoms with van der Waals surface area (Å²) in [4.78, 5) is 0. The predicted molar refractivity (Wildman–Crippen MR) is 133 cm³/mol. The van der Waals surface area contributed by atoms with E-state index in [4.69, 9.17) is 8.54 Å². The van der Waals surface area contributed by atoms with Crippen molar-refractivity contribution in [3.63, 3.8) is 0 Å². The van der Waals surface area contributed by atoms with Gasteiger partial charge in [0.2, 0.25) is 0 Å². The summed E-state index contributed by atoms with van der Waals surface area (Å²) in [5.74, 6) is 0. The summed E-state index contributed by atoms with van der Waals surface area (Å²) in [6, 6.07) is 1.27. The van der Waals surface area contributed by atoms with E-state index < -0.39 is 41.4 Å². The Morgan fingerprint density at radius 3 is 1.50 bits per heavy atom. The van der Waals surface area contributed by atoms with E-state index in [2.05, 4.69) is 89.7 Å². The lowest BCUT2D eigenvalue weighted by atomic mass is 10.5. The van der Waals surface area contributed by atoms with Gasteiger partial charge in [-0.05, 0) is 63.5 Å². The molecule has 0 aromatic rings. The van der Waals surface area contributed by atoms with Crippen molar-refractivity contribution >= 4 is 41.4 Å². The molecular formula is C18H49NO2Si5. The Kier molecular flexibility index (Phi) is 9.53. The lowest BCUT2D eigenvalue weighted by Gasteiger charge is -2.45. The Balaban J connectivity index is 4.95. The third kappa shape index (κ3) is 8.54. The number of nitrogens with zero attached hydrogens (tertiary/aromatic N) is 1. The van der Waals surface area contributed by atoms with E-state index in [1.54, 1.807) is 0 Å². The van der Waals surface area contributed by atoms with E-state index in [0.717, 1.165) is 0 Å². The van der Waals surface area contributed by atoms with Gasteiger partial charge >= 0.3 is 0 Å². The zero-order valence-corrected chi connectivity index (χ0v) is 25.5. The van der Waals surface area contributed by atoms with Crippen molar-refractivity contribution < 1.29 is 8.54 Å². The smallest absolute Gasteiger partial charge is 0.188 e. The third-order valence-electron chi connectivity index (χ3n) is 5.93. The first-order chi connectivity index (χ1) is 11.3. The van der Waals surface area contributed by atoms with Gasteiger partial charge in [-0.2, -0.15) is 0 Å². The zero-order chi connectivity index (χ0) is 21.2. The van der Waals surface area contributed by atoms with Crippen LogP contribution in [0.2, 0.25) is 89.8 Å². The molecule has 0 rings (SSSR count). The molecule has 3 nitrogen and oxygen atoms in total. The Morgan fingerprint density at radius 2 is 1.15 bits per heavy atom. The van der Waals surface area contributed by atoms with E-state index in [-0.39, 0.29) is 0 Å². The molecule has 0 aliphatic heterocycles. The molecule has 0 radical (unpaired) electrons. The first-order valence-corrected chi connectivity index (χ1v) is 26.3. The van der Waals surface area contributed by atoms with E-state index in [0.29, 0.717) is 5.16 Å². The van der Waals surface area contributed by atoms with E-state index >= 15 is 0 Å². The lowest BCUT2D eigenvalue weighted by Crippen LogP contribution is -2.59. The van der Waals surface area contributed by atoms with Crippen molar-refractivity contribution in [2.45, 2.75) is 103 Å². The summed E-state index contributed by atoms with van der Waals surface area (Å²) in [5, 5.41) is 0.604. The highest BCUT2D eigenvalue weighted by Gasteiger charge is 2.45. The maximum absolute atomic E-state index is 6.96. The number of hydrogen-bond donors (Lipinski definition) is 0. The van der Waals surface area contributed by atoms with E-state index in [9.17, 15) is 0 Å². The fraction of sp³-hybridized carbons (Fsp3) is 1.00. The van der Waals surface area contributed by atoms with Gasteiger partial charge in [0.25, 0.3) is 0 Å². The number of hydrogen-bond acceptors (Lipinski definition) is 3. The molecule has 0 fully saturated rings. The van der Waals surface area contributed by atoms with Crippen LogP contribution in [-0.2, 0) is 8.54 Å². The molecule has 1 atom stereocenters. The fourth-order valence-electron chi connectivity index (χ4n) is 4.21. The van der Waals surface area contributed by atoms with Crippen LogP contribution >= 0.6 is 0 Å². The minimum atomic E-state index is -1.75. The van der Waals surface area contributed by atoms with Gasteiger partial charge in [0.1, 0.15) is 16.5 Å². The Hall–Kier alpha value is 0.964. The average molecular weight is 452 g/mol. The van der Waals surface area contributed by atoms with Crippen molar-refractivity contribution in [2.24, 2.45) is 0 Å². The molecule has 0 amide bonds. The minimum Gasteiger partial charge on any atom is -0.455 e. The van der Waals surface area contributed by atoms with Gasteiger partial charge in [-0.15, -0.1) is 0 Å². The Morgan fingerprint density at radius 1 is 0.731 bits per heavy atom. The molecule has 0 aliphatic rings. The largest absolute Gasteiger partial charge is 0.455 e. The molecule has 0 N–H and O–H groups in total. The summed E-state index contributed by atoms with van der Waals surface area (Å²) in [5.41, 5.74) is 0. The molecule has 1 unspecified atom stereocenters. The van der Waals surface area contributed by atoms with Gasteiger partial charge in [0.15, 0.2) is 25.0 Å². The van der Waals surface area contributed by atoms with E-state index in [1.165, 1.54) is 19.0 Å². The topological polar surface area (TPSA) is 21.7 Å². The molecule has 26 heavy (non-hydrogen) atoms. The van der Waals surface area contributed by atoms with Crippen LogP contribution < -0.4 is 0 Å². The second kappa shape index (κ2) is 9.19. The summed E-state index contributed by atoms with van der Waals surface area (Å²) in [7, 11) is -5.65. The van der Waals surface area contributed by atoms with E-state index in [1.807, 2.05) is 7.11 Å². The highest BCUT2D eigenvalue weighted by molar-refractivity contribution is 6.95. The van der Waals surface area contributed by atoms with Gasteiger partial charge in [-0.3, -0.25) is 0 Å². The van der Waals surface area contributed by atoms with Gasteiger partial charge in [-0.1, -0.05) is 46.2 Å². The Labute approximate surface area is 170 Å². The maximum Gasteiger partial charge on any atom is 0.188 e. The molecule has 0 aliphatic carbocycles. The van der Waals surface area contributed by atoms with Crippen molar-refractivity contribution in [3.05, 3.63) is 0 Å². The molecular weight excluding hydrogens is 403 g/mol. The van der Waals surface area contributed by atoms with Crippen LogP contribution in [0.4, 0.5) is 0 Å². The minimum absolute atomic E-state index is 0.604. The first-order valence-electron chi connectivity index (χ1n) is 10.3. The van der Waals surface area contributed by atoms with Gasteiger partial charge in [0, 0.05) is 7.11 Å². The van der Waals surface area contributed by atoms with Gasteiger partial charge < -0.3 is 12.8 Å². The molecule has 0 aromatic heterocycles. The molecule has 8 heteroatoms. The van der Waals surface area contributed by atoms with Gasteiger partial charge in [0.05, 0.1) is 0 Å². The fourth-order valence-corrected chi connectivity index (χ4v) is 29.7. The highest BCUT2D eigenvalue weighted by atomic mass is 28.5. The Bertz CT molecular complexity index is 428. The molecule has 0 heterocycles. The first kappa shape index (κ1) is 27.0. The second-order valence-electron chi connectivity index (χ2n) is 11.6. The predicted octanol–water partition coefficient (Wildman–Crippen LogP) is 6.56. The summed E-state index contributed by atoms with van der Waals surface area (Å²) in [6.45, 7) is 33.0. The molecule has 158 valence electrons. The average Bonchev–Trinajstić information content (AvgIpc) is 2.38. The van der Waals surface area contributed by atoms with Crippen LogP contribution in [0.5, 0.6) is 0 Å². The maximum atomic E-state index is 6.96. The molecule has 0 bridgehead atoms. The monoisotopic (exact) mass is 451 g/mol. The van der Waals surface area contributed by atoms with Crippen LogP contribution in [0.15, 0.2) is 0 Å². The quantitative estimate of drug-likeness (QED) is 0.332. The standard InChI is InChI=1S/C18H49NO2Si5/c1-18(25(11,12)20-2)26(13,14)21-24(9,10)17-15-16-19(22(3,4)5)23(6,7)8/h18H,15-17H2,1-14H3. The third-order valence-corrected chi connectivity index (χ3v) is 28.9. The zero-order valence-electron chi connectivity index (χ0n) is 20.5. The van der Waals surface area contributed by atoms with Crippen LogP contribution in [0.1, 0.15) is 13.3 Å². The highest BCUT2D eigenvalue weighted by Crippen LogP contribution is 2.35. The van der Waals surface area contributed by atoms with Gasteiger partial charge in [-0.25, -0.2) is 0 Å². The van der Waals surface area contributed by atoms with Crippen molar-refractivity contribution in [2.75, 3.05) is 13.7 Å². The molecule has 0 spiro atoms. The second-order valence-corrected chi connectivity index (χ2v) is 35.8. The molecule has 0 saturated carbocycles. The van der Waals surface area contributed by atoms with Crippen LogP contribution in [0.3, 0.4) is 0 Å². The van der Waals surface area contributed by atoms with Crippen molar-refractivity contribution in [1.82, 2.24) is 4.23 Å². The van der Waals surface area contributed by atoms with Crippen molar-refractivity contribution in [3.8, 4) is 0 Å². The molecule has 0 aromatic carbocycles. The SMILES string of the molecule is CO[Si](C)(C)C(C)[Si](C)(C)O[Si](C)(C)CCCN([Si](C)(C)C)[Si](C)(C)C. The van der Waals surface area contributed by atoms with Crippen LogP contribution in [0, 0.1) is 0 Å². The van der Waals surface area contributed by atoms with Crippen LogP contribution in [-0.4, -0.2) is 59.3 Å². The summed E-state index contributed by atoms with van der Waals surface area (Å²) >= 11 is 0. The number of rotatable bonds is 11.